The number of para-hydroxylation sites is 4. The summed E-state index contributed by atoms with van der Waals surface area (Å²) < 4.78 is 0. The van der Waals surface area contributed by atoms with Crippen molar-refractivity contribution < 1.29 is 0 Å². The van der Waals surface area contributed by atoms with E-state index in [0.717, 1.165) is 117 Å². The predicted molar refractivity (Wildman–Crippen MR) is 290 cm³/mol. The van der Waals surface area contributed by atoms with Crippen LogP contribution in [0.15, 0.2) is 243 Å². The number of rotatable bonds is 9. The fraction of sp³-hybridized carbons (Fsp3) is 0. The molecule has 0 aliphatic carbocycles. The summed E-state index contributed by atoms with van der Waals surface area (Å²) >= 11 is 0. The number of hydrogen-bond acceptors (Lipinski definition) is 8. The average Bonchev–Trinajstić information content (AvgIpc) is 3.47. The highest BCUT2D eigenvalue weighted by atomic mass is 15.0. The Labute approximate surface area is 415 Å². The lowest BCUT2D eigenvalue weighted by atomic mass is 9.97. The minimum Gasteiger partial charge on any atom is -0.256 e. The van der Waals surface area contributed by atoms with Gasteiger partial charge in [0.2, 0.25) is 0 Å². The Bertz CT molecular complexity index is 4100. The summed E-state index contributed by atoms with van der Waals surface area (Å²) in [7, 11) is 0. The smallest absolute Gasteiger partial charge is 0.164 e. The lowest BCUT2D eigenvalue weighted by Crippen LogP contribution is -2.01. The van der Waals surface area contributed by atoms with Gasteiger partial charge in [0.1, 0.15) is 0 Å². The maximum Gasteiger partial charge on any atom is 0.164 e. The molecule has 336 valence electrons. The molecule has 4 heterocycles. The van der Waals surface area contributed by atoms with Gasteiger partial charge in [-0.15, -0.1) is 0 Å². The van der Waals surface area contributed by atoms with E-state index in [-0.39, 0.29) is 0 Å². The van der Waals surface area contributed by atoms with Gasteiger partial charge in [0.15, 0.2) is 17.5 Å². The largest absolute Gasteiger partial charge is 0.256 e. The number of nitrogens with zero attached hydrogens (tertiary/aromatic N) is 8. The molecule has 13 rings (SSSR count). The Morgan fingerprint density at radius 2 is 0.597 bits per heavy atom. The Morgan fingerprint density at radius 3 is 1.10 bits per heavy atom. The fourth-order valence-corrected chi connectivity index (χ4v) is 9.29. The molecule has 9 aromatic carbocycles. The predicted octanol–water partition coefficient (Wildman–Crippen LogP) is 15.3. The van der Waals surface area contributed by atoms with Crippen molar-refractivity contribution in [2.45, 2.75) is 0 Å². The second-order valence-electron chi connectivity index (χ2n) is 17.5. The van der Waals surface area contributed by atoms with E-state index in [1.807, 2.05) is 115 Å². The third-order valence-corrected chi connectivity index (χ3v) is 13.0. The molecule has 0 amide bonds. The van der Waals surface area contributed by atoms with Crippen molar-refractivity contribution in [1.29, 1.82) is 0 Å². The first kappa shape index (κ1) is 42.2. The summed E-state index contributed by atoms with van der Waals surface area (Å²) in [6.07, 6.45) is 1.92. The van der Waals surface area contributed by atoms with Crippen LogP contribution in [0.5, 0.6) is 0 Å². The van der Waals surface area contributed by atoms with Crippen LogP contribution in [-0.2, 0) is 0 Å². The van der Waals surface area contributed by atoms with E-state index in [1.165, 1.54) is 0 Å². The van der Waals surface area contributed by atoms with Gasteiger partial charge in [0, 0.05) is 56.3 Å². The molecule has 0 unspecified atom stereocenters. The Morgan fingerprint density at radius 1 is 0.222 bits per heavy atom. The maximum absolute atomic E-state index is 5.24. The van der Waals surface area contributed by atoms with Crippen molar-refractivity contribution in [2.75, 3.05) is 0 Å². The molecular weight excluding hydrogens is 881 g/mol. The topological polar surface area (TPSA) is 103 Å². The fourth-order valence-electron chi connectivity index (χ4n) is 9.29. The highest BCUT2D eigenvalue weighted by Gasteiger charge is 2.19. The first-order valence-electron chi connectivity index (χ1n) is 23.8. The Hall–Kier alpha value is -9.92. The second kappa shape index (κ2) is 18.2. The molecule has 0 spiro atoms. The van der Waals surface area contributed by atoms with Gasteiger partial charge in [0.05, 0.1) is 50.5 Å². The monoisotopic (exact) mass is 920 g/mol. The minimum atomic E-state index is 0.540. The lowest BCUT2D eigenvalue weighted by Gasteiger charge is -2.13. The van der Waals surface area contributed by atoms with Crippen molar-refractivity contribution in [2.24, 2.45) is 0 Å². The summed E-state index contributed by atoms with van der Waals surface area (Å²) in [5.41, 5.74) is 17.0. The molecule has 0 fully saturated rings. The molecule has 0 aliphatic heterocycles. The summed E-state index contributed by atoms with van der Waals surface area (Å²) in [6.45, 7) is 0. The molecule has 0 saturated heterocycles. The number of benzene rings is 9. The maximum atomic E-state index is 5.24. The van der Waals surface area contributed by atoms with Gasteiger partial charge in [-0.25, -0.2) is 34.9 Å². The third-order valence-electron chi connectivity index (χ3n) is 13.0. The molecule has 13 aromatic rings. The zero-order valence-corrected chi connectivity index (χ0v) is 38.7. The van der Waals surface area contributed by atoms with E-state index in [0.29, 0.717) is 17.5 Å². The Kier molecular flexibility index (Phi) is 10.7. The SMILES string of the molecule is c1ccc(-c2ccc(-c3ccc(-c4nc(-c5ccc(-c6nc7ccccc7nc6-c6ccccc6)cc5)nc(-c5ccc(-c6nc7ccccc7nc6-c6cccc7ccccc67)cc5)n4)cc3)nc2)cc1. The zero-order valence-electron chi connectivity index (χ0n) is 38.7. The van der Waals surface area contributed by atoms with Gasteiger partial charge in [0.25, 0.3) is 0 Å². The van der Waals surface area contributed by atoms with Crippen molar-refractivity contribution >= 4 is 32.8 Å². The van der Waals surface area contributed by atoms with Crippen LogP contribution in [0.25, 0.3) is 134 Å². The van der Waals surface area contributed by atoms with Crippen LogP contribution in [0.2, 0.25) is 0 Å². The van der Waals surface area contributed by atoms with Crippen LogP contribution in [0, 0.1) is 0 Å². The molecule has 0 N–H and O–H groups in total. The van der Waals surface area contributed by atoms with Crippen molar-refractivity contribution in [3.05, 3.63) is 243 Å². The van der Waals surface area contributed by atoms with Gasteiger partial charge in [-0.05, 0) is 46.7 Å². The highest BCUT2D eigenvalue weighted by molar-refractivity contribution is 6.00. The normalized spacial score (nSPS) is 11.3. The van der Waals surface area contributed by atoms with Gasteiger partial charge in [-0.2, -0.15) is 0 Å². The number of pyridine rings is 1. The van der Waals surface area contributed by atoms with Gasteiger partial charge in [-0.3, -0.25) is 4.98 Å². The van der Waals surface area contributed by atoms with E-state index >= 15 is 0 Å². The Balaban J connectivity index is 0.898. The molecular formula is C64H40N8. The van der Waals surface area contributed by atoms with Crippen LogP contribution in [0.4, 0.5) is 0 Å². The summed E-state index contributed by atoms with van der Waals surface area (Å²) in [5.74, 6) is 1.63. The van der Waals surface area contributed by atoms with Crippen molar-refractivity contribution in [1.82, 2.24) is 39.9 Å². The van der Waals surface area contributed by atoms with Gasteiger partial charge < -0.3 is 0 Å². The third kappa shape index (κ3) is 8.08. The van der Waals surface area contributed by atoms with Crippen LogP contribution in [0.1, 0.15) is 0 Å². The standard InChI is InChI=1S/C64H40N8/c1-3-14-41(15-4-1)50-38-39-53(65-40-50)43-26-32-47(33-27-43)62-70-63(48-34-28-45(29-35-48)59-58(44-17-5-2-6-18-44)66-54-22-9-10-23-55(54)67-59)72-64(71-62)49-36-30-46(31-37-49)60-61(69-57-25-12-11-24-56(57)68-60)52-21-13-19-42-16-7-8-20-51(42)52/h1-40H. The van der Waals surface area contributed by atoms with E-state index in [4.69, 9.17) is 39.9 Å². The van der Waals surface area contributed by atoms with Crippen LogP contribution >= 0.6 is 0 Å². The molecule has 72 heavy (non-hydrogen) atoms. The van der Waals surface area contributed by atoms with Crippen molar-refractivity contribution in [3.8, 4) is 102 Å². The van der Waals surface area contributed by atoms with Gasteiger partial charge >= 0.3 is 0 Å². The van der Waals surface area contributed by atoms with E-state index in [9.17, 15) is 0 Å². The summed E-state index contributed by atoms with van der Waals surface area (Å²) in [5, 5.41) is 2.26. The molecule has 0 saturated carbocycles. The molecule has 0 bridgehead atoms. The molecule has 8 nitrogen and oxygen atoms in total. The first-order valence-corrected chi connectivity index (χ1v) is 23.8. The second-order valence-corrected chi connectivity index (χ2v) is 17.5. The van der Waals surface area contributed by atoms with E-state index < -0.39 is 0 Å². The van der Waals surface area contributed by atoms with Crippen LogP contribution in [0.3, 0.4) is 0 Å². The summed E-state index contributed by atoms with van der Waals surface area (Å²) in [6, 6.07) is 80.2. The lowest BCUT2D eigenvalue weighted by molar-refractivity contribution is 1.07. The van der Waals surface area contributed by atoms with Crippen LogP contribution in [-0.4, -0.2) is 39.9 Å². The molecule has 0 aliphatic rings. The summed E-state index contributed by atoms with van der Waals surface area (Å²) in [4.78, 5) is 41.0. The van der Waals surface area contributed by atoms with E-state index in [1.54, 1.807) is 0 Å². The zero-order chi connectivity index (χ0) is 47.8. The first-order chi connectivity index (χ1) is 35.6. The molecule has 8 heteroatoms. The quantitative estimate of drug-likeness (QED) is 0.141. The van der Waals surface area contributed by atoms with E-state index in [2.05, 4.69) is 127 Å². The van der Waals surface area contributed by atoms with Crippen LogP contribution < -0.4 is 0 Å². The minimum absolute atomic E-state index is 0.540. The average molecular weight is 921 g/mol. The number of fused-ring (bicyclic) bond motifs is 3. The van der Waals surface area contributed by atoms with Crippen molar-refractivity contribution in [3.63, 3.8) is 0 Å². The number of hydrogen-bond donors (Lipinski definition) is 0. The number of aromatic nitrogens is 8. The molecule has 0 atom stereocenters. The molecule has 4 aromatic heterocycles. The highest BCUT2D eigenvalue weighted by Crippen LogP contribution is 2.37. The molecule has 0 radical (unpaired) electrons. The van der Waals surface area contributed by atoms with Gasteiger partial charge in [-0.1, -0.05) is 206 Å².